The number of methoxy groups -OCH3 is 1. The average Bonchev–Trinajstić information content (AvgIpc) is 3.33. The predicted octanol–water partition coefficient (Wildman–Crippen LogP) is 5.69. The molecule has 0 saturated heterocycles. The van der Waals surface area contributed by atoms with Crippen LogP contribution in [0.2, 0.25) is 0 Å². The topological polar surface area (TPSA) is 88.4 Å². The summed E-state index contributed by atoms with van der Waals surface area (Å²) in [6, 6.07) is 16.5. The number of ether oxygens (including phenoxy) is 4. The summed E-state index contributed by atoms with van der Waals surface area (Å²) in [5.41, 5.74) is 2.29. The molecule has 11 heteroatoms. The third kappa shape index (κ3) is 6.89. The van der Waals surface area contributed by atoms with Crippen molar-refractivity contribution >= 4 is 46.0 Å². The van der Waals surface area contributed by atoms with Gasteiger partial charge in [-0.3, -0.25) is 9.36 Å². The van der Waals surface area contributed by atoms with Gasteiger partial charge >= 0.3 is 5.97 Å². The fourth-order valence-electron chi connectivity index (χ4n) is 4.89. The number of halogens is 2. The van der Waals surface area contributed by atoms with E-state index < -0.39 is 12.0 Å². The first-order chi connectivity index (χ1) is 21.7. The second-order valence-corrected chi connectivity index (χ2v) is 12.1. The zero-order chi connectivity index (χ0) is 32.1. The summed E-state index contributed by atoms with van der Waals surface area (Å²) >= 11 is 3.35. The second kappa shape index (κ2) is 14.2. The van der Waals surface area contributed by atoms with Crippen molar-refractivity contribution in [1.29, 1.82) is 0 Å². The molecule has 232 valence electrons. The Labute approximate surface area is 276 Å². The van der Waals surface area contributed by atoms with Gasteiger partial charge in [0.2, 0.25) is 0 Å². The summed E-state index contributed by atoms with van der Waals surface area (Å²) in [5, 5.41) is 0. The summed E-state index contributed by atoms with van der Waals surface area (Å²) in [5.74, 6) is 0.657. The van der Waals surface area contributed by atoms with Gasteiger partial charge in [-0.05, 0) is 84.0 Å². The Hall–Kier alpha value is -4.23. The van der Waals surface area contributed by atoms with Gasteiger partial charge < -0.3 is 18.9 Å². The van der Waals surface area contributed by atoms with Crippen molar-refractivity contribution in [1.82, 2.24) is 4.57 Å². The SMILES string of the molecule is C=CCOc1ccc([C@H]2C(C(=O)OCC)=C(C)N=c3s/c(=C\c4cc(I)c(OCc5ccccc5F)c(OC)c4)c(=O)n32)cc1. The molecule has 0 spiro atoms. The van der Waals surface area contributed by atoms with Crippen molar-refractivity contribution in [2.75, 3.05) is 20.3 Å². The predicted molar refractivity (Wildman–Crippen MR) is 179 cm³/mol. The number of carbonyl (C=O) groups excluding carboxylic acids is 1. The number of carbonyl (C=O) groups is 1. The van der Waals surface area contributed by atoms with E-state index in [1.807, 2.05) is 18.2 Å². The van der Waals surface area contributed by atoms with Crippen molar-refractivity contribution < 1.29 is 28.1 Å². The lowest BCUT2D eigenvalue weighted by molar-refractivity contribution is -0.139. The van der Waals surface area contributed by atoms with E-state index in [1.54, 1.807) is 62.4 Å². The van der Waals surface area contributed by atoms with Crippen molar-refractivity contribution in [3.05, 3.63) is 130 Å². The second-order valence-electron chi connectivity index (χ2n) is 9.89. The van der Waals surface area contributed by atoms with Crippen LogP contribution in [0.15, 0.2) is 94.4 Å². The Morgan fingerprint density at radius 1 is 1.16 bits per heavy atom. The molecule has 1 aliphatic rings. The van der Waals surface area contributed by atoms with E-state index in [0.29, 0.717) is 61.1 Å². The van der Waals surface area contributed by atoms with Crippen LogP contribution in [-0.2, 0) is 16.1 Å². The van der Waals surface area contributed by atoms with Gasteiger partial charge in [-0.2, -0.15) is 0 Å². The number of allylic oxidation sites excluding steroid dienone is 1. The van der Waals surface area contributed by atoms with Crippen LogP contribution in [0.25, 0.3) is 6.08 Å². The highest BCUT2D eigenvalue weighted by atomic mass is 127. The molecule has 0 aliphatic carbocycles. The Morgan fingerprint density at radius 2 is 1.91 bits per heavy atom. The monoisotopic (exact) mass is 740 g/mol. The van der Waals surface area contributed by atoms with Crippen LogP contribution in [0.4, 0.5) is 4.39 Å². The van der Waals surface area contributed by atoms with E-state index in [9.17, 15) is 14.0 Å². The lowest BCUT2D eigenvalue weighted by Crippen LogP contribution is -2.39. The number of hydrogen-bond donors (Lipinski definition) is 0. The van der Waals surface area contributed by atoms with Crippen LogP contribution >= 0.6 is 33.9 Å². The van der Waals surface area contributed by atoms with Crippen LogP contribution in [0, 0.1) is 9.39 Å². The molecule has 0 saturated carbocycles. The fourth-order valence-corrected chi connectivity index (χ4v) is 6.72. The summed E-state index contributed by atoms with van der Waals surface area (Å²) < 4.78 is 39.4. The van der Waals surface area contributed by atoms with E-state index >= 15 is 0 Å². The first-order valence-electron chi connectivity index (χ1n) is 14.0. The van der Waals surface area contributed by atoms with Gasteiger partial charge in [-0.1, -0.05) is 54.3 Å². The molecule has 8 nitrogen and oxygen atoms in total. The summed E-state index contributed by atoms with van der Waals surface area (Å²) in [4.78, 5) is 32.3. The van der Waals surface area contributed by atoms with E-state index in [4.69, 9.17) is 18.9 Å². The first-order valence-corrected chi connectivity index (χ1v) is 15.9. The van der Waals surface area contributed by atoms with E-state index in [2.05, 4.69) is 34.2 Å². The zero-order valence-corrected chi connectivity index (χ0v) is 27.8. The molecule has 0 bridgehead atoms. The highest BCUT2D eigenvalue weighted by molar-refractivity contribution is 14.1. The molecule has 45 heavy (non-hydrogen) atoms. The Kier molecular flexibility index (Phi) is 10.2. The highest BCUT2D eigenvalue weighted by Gasteiger charge is 2.33. The molecule has 1 aliphatic heterocycles. The van der Waals surface area contributed by atoms with Crippen LogP contribution in [0.1, 0.15) is 36.6 Å². The lowest BCUT2D eigenvalue weighted by Gasteiger charge is -2.24. The van der Waals surface area contributed by atoms with Crippen LogP contribution in [-0.4, -0.2) is 30.9 Å². The normalized spacial score (nSPS) is 14.4. The molecule has 0 radical (unpaired) electrons. The van der Waals surface area contributed by atoms with Gasteiger partial charge in [0.15, 0.2) is 16.3 Å². The quantitative estimate of drug-likeness (QED) is 0.112. The number of aromatic nitrogens is 1. The third-order valence-corrected chi connectivity index (χ3v) is 8.74. The van der Waals surface area contributed by atoms with E-state index in [-0.39, 0.29) is 24.6 Å². The Bertz CT molecular complexity index is 1970. The van der Waals surface area contributed by atoms with Gasteiger partial charge in [0, 0.05) is 5.56 Å². The van der Waals surface area contributed by atoms with Crippen molar-refractivity contribution in [2.45, 2.75) is 26.5 Å². The van der Waals surface area contributed by atoms with Crippen LogP contribution in [0.3, 0.4) is 0 Å². The fraction of sp³-hybridized carbons (Fsp3) is 0.206. The molecule has 0 N–H and O–H groups in total. The van der Waals surface area contributed by atoms with Gasteiger partial charge in [-0.25, -0.2) is 14.2 Å². The van der Waals surface area contributed by atoms with Crippen molar-refractivity contribution in [3.8, 4) is 17.2 Å². The Balaban J connectivity index is 1.56. The van der Waals surface area contributed by atoms with Crippen LogP contribution < -0.4 is 29.1 Å². The lowest BCUT2D eigenvalue weighted by atomic mass is 9.96. The number of benzene rings is 3. The van der Waals surface area contributed by atoms with E-state index in [0.717, 1.165) is 3.57 Å². The standard InChI is InChI=1S/C34H30FIN2O6S/c1-5-15-43-24-13-11-22(12-14-24)30-29(33(40)42-6-2)20(3)37-34-38(30)32(39)28(45-34)18-21-16-26(36)31(27(17-21)41-4)44-19-23-9-7-8-10-25(23)35/h5,7-14,16-18,30H,1,6,15,19H2,2-4H3/b28-18-/t30-/m0/s1. The van der Waals surface area contributed by atoms with Gasteiger partial charge in [0.25, 0.3) is 5.56 Å². The zero-order valence-electron chi connectivity index (χ0n) is 24.8. The maximum absolute atomic E-state index is 14.2. The molecule has 0 unspecified atom stereocenters. The van der Waals surface area contributed by atoms with Gasteiger partial charge in [0.05, 0.1) is 39.1 Å². The number of hydrogen-bond acceptors (Lipinski definition) is 8. The molecular formula is C34H30FIN2O6S. The molecule has 5 rings (SSSR count). The largest absolute Gasteiger partial charge is 0.493 e. The highest BCUT2D eigenvalue weighted by Crippen LogP contribution is 2.35. The summed E-state index contributed by atoms with van der Waals surface area (Å²) in [6.45, 7) is 7.71. The minimum Gasteiger partial charge on any atom is -0.493 e. The summed E-state index contributed by atoms with van der Waals surface area (Å²) in [7, 11) is 1.52. The molecule has 1 aromatic heterocycles. The van der Waals surface area contributed by atoms with Crippen LogP contribution in [0.5, 0.6) is 17.2 Å². The maximum atomic E-state index is 14.2. The number of thiazole rings is 1. The molecule has 0 fully saturated rings. The minimum atomic E-state index is -0.750. The number of fused-ring (bicyclic) bond motifs is 1. The Morgan fingerprint density at radius 3 is 2.60 bits per heavy atom. The molecule has 1 atom stereocenters. The number of nitrogens with zero attached hydrogens (tertiary/aromatic N) is 2. The molecule has 2 heterocycles. The minimum absolute atomic E-state index is 0.0283. The first kappa shape index (κ1) is 32.2. The third-order valence-electron chi connectivity index (χ3n) is 6.96. The molecule has 0 amide bonds. The van der Waals surface area contributed by atoms with E-state index in [1.165, 1.54) is 29.1 Å². The van der Waals surface area contributed by atoms with Crippen molar-refractivity contribution in [3.63, 3.8) is 0 Å². The van der Waals surface area contributed by atoms with Gasteiger partial charge in [-0.15, -0.1) is 0 Å². The smallest absolute Gasteiger partial charge is 0.338 e. The average molecular weight is 741 g/mol. The van der Waals surface area contributed by atoms with Crippen molar-refractivity contribution in [2.24, 2.45) is 4.99 Å². The molecule has 4 aromatic rings. The van der Waals surface area contributed by atoms with Gasteiger partial charge in [0.1, 0.15) is 24.8 Å². The number of rotatable bonds is 11. The molecule has 3 aromatic carbocycles. The molecular weight excluding hydrogens is 710 g/mol. The number of esters is 1. The maximum Gasteiger partial charge on any atom is 0.338 e. The summed E-state index contributed by atoms with van der Waals surface area (Å²) in [6.07, 6.45) is 3.40.